The van der Waals surface area contributed by atoms with Crippen molar-refractivity contribution in [2.24, 2.45) is 5.73 Å². The first kappa shape index (κ1) is 3.47. The molecule has 0 saturated carbocycles. The van der Waals surface area contributed by atoms with Gasteiger partial charge < -0.3 is 5.73 Å². The highest BCUT2D eigenvalue weighted by Gasteiger charge is 1.85. The number of allylic oxidation sites excluding steroid dienone is 3. The average molecular weight is 81.1 g/mol. The van der Waals surface area contributed by atoms with Gasteiger partial charge in [0.15, 0.2) is 0 Å². The molecule has 1 nitrogen and oxygen atoms in total. The van der Waals surface area contributed by atoms with E-state index in [-0.39, 0.29) is 0 Å². The molecule has 0 aliphatic heterocycles. The van der Waals surface area contributed by atoms with Crippen LogP contribution < -0.4 is 5.73 Å². The van der Waals surface area contributed by atoms with Crippen molar-refractivity contribution >= 4 is 0 Å². The number of hydrogen-bond acceptors (Lipinski definition) is 1. The molecule has 1 heteroatoms. The number of hydrogen-bond donors (Lipinski definition) is 1. The first-order chi connectivity index (χ1) is 2.89. The molecule has 0 aromatic carbocycles. The molecule has 0 unspecified atom stereocenters. The fourth-order valence-electron chi connectivity index (χ4n) is 0.476. The van der Waals surface area contributed by atoms with E-state index < -0.39 is 0 Å². The van der Waals surface area contributed by atoms with Crippen LogP contribution in [-0.4, -0.2) is 0 Å². The van der Waals surface area contributed by atoms with Gasteiger partial charge in [-0.2, -0.15) is 0 Å². The Kier molecular flexibility index (Phi) is 0.675. The van der Waals surface area contributed by atoms with Crippen molar-refractivity contribution in [3.05, 3.63) is 23.9 Å². The summed E-state index contributed by atoms with van der Waals surface area (Å²) in [5.74, 6) is 0. The SMILES string of the molecule is NC1=CCC=C1. The van der Waals surface area contributed by atoms with Gasteiger partial charge >= 0.3 is 0 Å². The van der Waals surface area contributed by atoms with E-state index in [1.807, 2.05) is 18.2 Å². The first-order valence-corrected chi connectivity index (χ1v) is 2.02. The molecule has 1 rings (SSSR count). The lowest BCUT2D eigenvalue weighted by Crippen LogP contribution is -1.86. The summed E-state index contributed by atoms with van der Waals surface area (Å²) in [5.41, 5.74) is 6.21. The van der Waals surface area contributed by atoms with Crippen molar-refractivity contribution in [2.75, 3.05) is 0 Å². The Morgan fingerprint density at radius 1 is 1.67 bits per heavy atom. The van der Waals surface area contributed by atoms with E-state index in [1.54, 1.807) is 0 Å². The maximum absolute atomic E-state index is 5.31. The molecular weight excluding hydrogens is 74.1 g/mol. The van der Waals surface area contributed by atoms with Crippen LogP contribution in [0.1, 0.15) is 6.42 Å². The van der Waals surface area contributed by atoms with E-state index >= 15 is 0 Å². The van der Waals surface area contributed by atoms with E-state index in [2.05, 4.69) is 0 Å². The van der Waals surface area contributed by atoms with Gasteiger partial charge in [-0.15, -0.1) is 0 Å². The van der Waals surface area contributed by atoms with E-state index in [1.165, 1.54) is 0 Å². The highest BCUT2D eigenvalue weighted by Crippen LogP contribution is 2.00. The second-order valence-electron chi connectivity index (χ2n) is 1.34. The maximum atomic E-state index is 5.31. The summed E-state index contributed by atoms with van der Waals surface area (Å²) in [6, 6.07) is 0. The second kappa shape index (κ2) is 1.17. The molecule has 0 spiro atoms. The Balaban J connectivity index is 2.68. The Hall–Kier alpha value is -0.720. The topological polar surface area (TPSA) is 26.0 Å². The largest absolute Gasteiger partial charge is 0.399 e. The Labute approximate surface area is 37.2 Å². The minimum absolute atomic E-state index is 0.898. The molecule has 1 aliphatic rings. The van der Waals surface area contributed by atoms with Gasteiger partial charge in [0.2, 0.25) is 0 Å². The van der Waals surface area contributed by atoms with Gasteiger partial charge in [-0.25, -0.2) is 0 Å². The molecule has 0 fully saturated rings. The van der Waals surface area contributed by atoms with Gasteiger partial charge in [-0.3, -0.25) is 0 Å². The first-order valence-electron chi connectivity index (χ1n) is 2.02. The van der Waals surface area contributed by atoms with Gasteiger partial charge in [0.1, 0.15) is 0 Å². The zero-order valence-electron chi connectivity index (χ0n) is 3.52. The molecule has 0 saturated heterocycles. The third-order valence-corrected chi connectivity index (χ3v) is 0.800. The molecule has 0 amide bonds. The lowest BCUT2D eigenvalue weighted by molar-refractivity contribution is 1.39. The Bertz CT molecular complexity index is 97.8. The minimum Gasteiger partial charge on any atom is -0.399 e. The van der Waals surface area contributed by atoms with E-state index in [9.17, 15) is 0 Å². The van der Waals surface area contributed by atoms with Gasteiger partial charge in [-0.1, -0.05) is 12.2 Å². The number of rotatable bonds is 0. The normalized spacial score (nSPS) is 18.3. The van der Waals surface area contributed by atoms with Crippen LogP contribution in [0.2, 0.25) is 0 Å². The summed E-state index contributed by atoms with van der Waals surface area (Å²) in [6.45, 7) is 0. The predicted octanol–water partition coefficient (Wildman–Crippen LogP) is 0.789. The van der Waals surface area contributed by atoms with E-state index in [0.29, 0.717) is 0 Å². The van der Waals surface area contributed by atoms with Crippen LogP contribution in [0.5, 0.6) is 0 Å². The van der Waals surface area contributed by atoms with E-state index in [0.717, 1.165) is 12.1 Å². The molecule has 0 heterocycles. The Morgan fingerprint density at radius 3 is 2.67 bits per heavy atom. The second-order valence-corrected chi connectivity index (χ2v) is 1.34. The van der Waals surface area contributed by atoms with Gasteiger partial charge in [-0.05, 0) is 12.5 Å². The van der Waals surface area contributed by atoms with Gasteiger partial charge in [0.25, 0.3) is 0 Å². The van der Waals surface area contributed by atoms with Crippen LogP contribution in [0.3, 0.4) is 0 Å². The monoisotopic (exact) mass is 81.1 g/mol. The van der Waals surface area contributed by atoms with Gasteiger partial charge in [0.05, 0.1) is 0 Å². The fraction of sp³-hybridized carbons (Fsp3) is 0.200. The van der Waals surface area contributed by atoms with Crippen molar-refractivity contribution < 1.29 is 0 Å². The summed E-state index contributed by atoms with van der Waals surface area (Å²) < 4.78 is 0. The zero-order chi connectivity index (χ0) is 4.41. The lowest BCUT2D eigenvalue weighted by Gasteiger charge is -1.75. The summed E-state index contributed by atoms with van der Waals surface area (Å²) in [5, 5.41) is 0. The molecule has 0 atom stereocenters. The van der Waals surface area contributed by atoms with Crippen LogP contribution >= 0.6 is 0 Å². The van der Waals surface area contributed by atoms with Crippen LogP contribution in [0.25, 0.3) is 0 Å². The fourth-order valence-corrected chi connectivity index (χ4v) is 0.476. The van der Waals surface area contributed by atoms with Crippen molar-refractivity contribution in [1.82, 2.24) is 0 Å². The predicted molar refractivity (Wildman–Crippen MR) is 26.0 cm³/mol. The third-order valence-electron chi connectivity index (χ3n) is 0.800. The van der Waals surface area contributed by atoms with Crippen molar-refractivity contribution in [3.8, 4) is 0 Å². The van der Waals surface area contributed by atoms with Crippen molar-refractivity contribution in [3.63, 3.8) is 0 Å². The third kappa shape index (κ3) is 0.432. The number of nitrogens with two attached hydrogens (primary N) is 1. The van der Waals surface area contributed by atoms with Crippen molar-refractivity contribution in [2.45, 2.75) is 6.42 Å². The summed E-state index contributed by atoms with van der Waals surface area (Å²) in [7, 11) is 0. The Morgan fingerprint density at radius 2 is 2.50 bits per heavy atom. The summed E-state index contributed by atoms with van der Waals surface area (Å²) in [4.78, 5) is 0. The quantitative estimate of drug-likeness (QED) is 0.458. The van der Waals surface area contributed by atoms with E-state index in [4.69, 9.17) is 5.73 Å². The molecule has 0 aromatic rings. The average Bonchev–Trinajstić information content (AvgIpc) is 1.86. The van der Waals surface area contributed by atoms with Crippen molar-refractivity contribution in [1.29, 1.82) is 0 Å². The molecule has 6 heavy (non-hydrogen) atoms. The summed E-state index contributed by atoms with van der Waals surface area (Å²) in [6.07, 6.45) is 6.96. The maximum Gasteiger partial charge on any atom is 0.0273 e. The molecule has 0 radical (unpaired) electrons. The van der Waals surface area contributed by atoms with Crippen LogP contribution in [0.15, 0.2) is 23.9 Å². The molecule has 0 bridgehead atoms. The zero-order valence-corrected chi connectivity index (χ0v) is 3.52. The smallest absolute Gasteiger partial charge is 0.0273 e. The molecule has 2 N–H and O–H groups in total. The summed E-state index contributed by atoms with van der Waals surface area (Å²) >= 11 is 0. The van der Waals surface area contributed by atoms with Gasteiger partial charge in [0, 0.05) is 5.70 Å². The lowest BCUT2D eigenvalue weighted by atomic mass is 10.5. The molecule has 0 aromatic heterocycles. The minimum atomic E-state index is 0.898. The molecule has 32 valence electrons. The van der Waals surface area contributed by atoms with Crippen LogP contribution in [0, 0.1) is 0 Å². The standard InChI is InChI=1S/C5H7N/c6-5-3-1-2-4-5/h1,3-4H,2,6H2. The highest BCUT2D eigenvalue weighted by atomic mass is 14.6. The highest BCUT2D eigenvalue weighted by molar-refractivity contribution is 5.22. The molecule has 1 aliphatic carbocycles. The molecular formula is C5H7N. The van der Waals surface area contributed by atoms with Crippen LogP contribution in [-0.2, 0) is 0 Å². The van der Waals surface area contributed by atoms with Crippen LogP contribution in [0.4, 0.5) is 0 Å².